The lowest BCUT2D eigenvalue weighted by molar-refractivity contribution is 0.225. The summed E-state index contributed by atoms with van der Waals surface area (Å²) in [6.45, 7) is 11.9. The largest absolute Gasteiger partial charge is 0.336 e. The number of rotatable bonds is 4. The van der Waals surface area contributed by atoms with Gasteiger partial charge in [0.25, 0.3) is 0 Å². The molecule has 2 rings (SSSR count). The molecule has 1 aromatic heterocycles. The minimum absolute atomic E-state index is 0.424. The summed E-state index contributed by atoms with van der Waals surface area (Å²) in [4.78, 5) is 6.97. The molecule has 2 heterocycles. The van der Waals surface area contributed by atoms with Crippen LogP contribution in [0.15, 0.2) is 12.5 Å². The van der Waals surface area contributed by atoms with Crippen molar-refractivity contribution in [1.82, 2.24) is 14.5 Å². The fourth-order valence-corrected chi connectivity index (χ4v) is 2.67. The molecule has 0 aromatic carbocycles. The average molecular weight is 250 g/mol. The highest BCUT2D eigenvalue weighted by molar-refractivity contribution is 4.98. The molecule has 1 saturated heterocycles. The van der Waals surface area contributed by atoms with E-state index in [4.69, 9.17) is 5.73 Å². The van der Waals surface area contributed by atoms with Gasteiger partial charge in [-0.1, -0.05) is 20.8 Å². The quantitative estimate of drug-likeness (QED) is 0.885. The average Bonchev–Trinajstić information content (AvgIpc) is 2.88. The second kappa shape index (κ2) is 5.41. The van der Waals surface area contributed by atoms with Crippen molar-refractivity contribution in [1.29, 1.82) is 0 Å². The van der Waals surface area contributed by atoms with Crippen LogP contribution in [0.25, 0.3) is 0 Å². The monoisotopic (exact) mass is 250 g/mol. The Labute approximate surface area is 110 Å². The third kappa shape index (κ3) is 3.33. The summed E-state index contributed by atoms with van der Waals surface area (Å²) in [6, 6.07) is 0. The van der Waals surface area contributed by atoms with E-state index in [9.17, 15) is 0 Å². The summed E-state index contributed by atoms with van der Waals surface area (Å²) >= 11 is 0. The van der Waals surface area contributed by atoms with Crippen LogP contribution in [0.1, 0.15) is 32.9 Å². The van der Waals surface area contributed by atoms with Crippen molar-refractivity contribution in [2.75, 3.05) is 19.6 Å². The molecule has 102 valence electrons. The van der Waals surface area contributed by atoms with Crippen molar-refractivity contribution in [3.63, 3.8) is 0 Å². The second-order valence-electron chi connectivity index (χ2n) is 6.48. The third-order valence-corrected chi connectivity index (χ3v) is 3.96. The first-order valence-corrected chi connectivity index (χ1v) is 6.92. The van der Waals surface area contributed by atoms with Gasteiger partial charge in [0.05, 0.1) is 12.0 Å². The van der Waals surface area contributed by atoms with Crippen LogP contribution in [0, 0.1) is 11.3 Å². The lowest BCUT2D eigenvalue weighted by Crippen LogP contribution is -2.25. The van der Waals surface area contributed by atoms with Crippen molar-refractivity contribution < 1.29 is 0 Å². The van der Waals surface area contributed by atoms with E-state index in [0.717, 1.165) is 24.7 Å². The van der Waals surface area contributed by atoms with Gasteiger partial charge in [-0.15, -0.1) is 0 Å². The van der Waals surface area contributed by atoms with Gasteiger partial charge in [-0.2, -0.15) is 0 Å². The predicted octanol–water partition coefficient (Wildman–Crippen LogP) is 1.71. The van der Waals surface area contributed by atoms with Crippen LogP contribution in [-0.2, 0) is 13.1 Å². The Kier molecular flexibility index (Phi) is 4.07. The van der Waals surface area contributed by atoms with Crippen molar-refractivity contribution in [3.05, 3.63) is 18.2 Å². The first kappa shape index (κ1) is 13.6. The van der Waals surface area contributed by atoms with Crippen LogP contribution in [0.4, 0.5) is 0 Å². The highest BCUT2D eigenvalue weighted by Gasteiger charge is 2.31. The van der Waals surface area contributed by atoms with E-state index >= 15 is 0 Å². The zero-order chi connectivity index (χ0) is 13.2. The Morgan fingerprint density at radius 3 is 2.83 bits per heavy atom. The Morgan fingerprint density at radius 1 is 1.44 bits per heavy atom. The summed E-state index contributed by atoms with van der Waals surface area (Å²) in [5.41, 5.74) is 7.13. The van der Waals surface area contributed by atoms with Crippen molar-refractivity contribution >= 4 is 0 Å². The molecule has 1 fully saturated rings. The summed E-state index contributed by atoms with van der Waals surface area (Å²) in [5.74, 6) is 0.809. The molecule has 4 heteroatoms. The number of hydrogen-bond donors (Lipinski definition) is 1. The van der Waals surface area contributed by atoms with E-state index < -0.39 is 0 Å². The lowest BCUT2D eigenvalue weighted by atomic mass is 9.80. The minimum atomic E-state index is 0.424. The number of likely N-dealkylation sites (tertiary alicyclic amines) is 1. The molecular formula is C14H26N4. The molecule has 0 bridgehead atoms. The maximum atomic E-state index is 5.54. The molecule has 0 amide bonds. The van der Waals surface area contributed by atoms with E-state index in [2.05, 4.69) is 41.4 Å². The summed E-state index contributed by atoms with van der Waals surface area (Å²) < 4.78 is 2.08. The van der Waals surface area contributed by atoms with Gasteiger partial charge in [0.15, 0.2) is 0 Å². The first-order valence-electron chi connectivity index (χ1n) is 6.92. The van der Waals surface area contributed by atoms with E-state index in [1.54, 1.807) is 0 Å². The van der Waals surface area contributed by atoms with Crippen molar-refractivity contribution in [3.8, 4) is 0 Å². The Morgan fingerprint density at radius 2 is 2.22 bits per heavy atom. The molecule has 1 aliphatic rings. The Balaban J connectivity index is 1.87. The van der Waals surface area contributed by atoms with Gasteiger partial charge >= 0.3 is 0 Å². The zero-order valence-electron chi connectivity index (χ0n) is 11.9. The highest BCUT2D eigenvalue weighted by Crippen LogP contribution is 2.33. The number of nitrogens with zero attached hydrogens (tertiary/aromatic N) is 3. The van der Waals surface area contributed by atoms with Crippen LogP contribution in [0.3, 0.4) is 0 Å². The van der Waals surface area contributed by atoms with Gasteiger partial charge < -0.3 is 10.3 Å². The second-order valence-corrected chi connectivity index (χ2v) is 6.48. The molecule has 0 saturated carbocycles. The summed E-state index contributed by atoms with van der Waals surface area (Å²) in [7, 11) is 0. The summed E-state index contributed by atoms with van der Waals surface area (Å²) in [5, 5.41) is 0. The van der Waals surface area contributed by atoms with Gasteiger partial charge in [0, 0.05) is 32.4 Å². The van der Waals surface area contributed by atoms with Crippen LogP contribution < -0.4 is 5.73 Å². The van der Waals surface area contributed by atoms with Crippen LogP contribution in [-0.4, -0.2) is 34.1 Å². The maximum Gasteiger partial charge on any atom is 0.0950 e. The molecule has 0 spiro atoms. The fourth-order valence-electron chi connectivity index (χ4n) is 2.67. The number of aromatic nitrogens is 2. The molecule has 1 unspecified atom stereocenters. The SMILES string of the molecule is CC(C)(C)C1CCN(Cc2cn(CCN)cn2)C1. The highest BCUT2D eigenvalue weighted by atomic mass is 15.2. The van der Waals surface area contributed by atoms with Gasteiger partial charge in [-0.25, -0.2) is 4.98 Å². The maximum absolute atomic E-state index is 5.54. The Bertz CT molecular complexity index is 377. The van der Waals surface area contributed by atoms with Crippen LogP contribution in [0.2, 0.25) is 0 Å². The van der Waals surface area contributed by atoms with Gasteiger partial charge in [0.1, 0.15) is 0 Å². The van der Waals surface area contributed by atoms with E-state index in [0.29, 0.717) is 12.0 Å². The molecule has 1 atom stereocenters. The van der Waals surface area contributed by atoms with Crippen molar-refractivity contribution in [2.24, 2.45) is 17.1 Å². The molecule has 2 N–H and O–H groups in total. The molecule has 4 nitrogen and oxygen atoms in total. The van der Waals surface area contributed by atoms with Gasteiger partial charge in [-0.3, -0.25) is 4.90 Å². The molecule has 1 aromatic rings. The minimum Gasteiger partial charge on any atom is -0.336 e. The Hall–Kier alpha value is -0.870. The van der Waals surface area contributed by atoms with E-state index in [1.165, 1.54) is 19.5 Å². The topological polar surface area (TPSA) is 47.1 Å². The third-order valence-electron chi connectivity index (χ3n) is 3.96. The molecule has 1 aliphatic heterocycles. The van der Waals surface area contributed by atoms with Crippen molar-refractivity contribution in [2.45, 2.75) is 40.3 Å². The molecule has 18 heavy (non-hydrogen) atoms. The van der Waals surface area contributed by atoms with E-state index in [-0.39, 0.29) is 0 Å². The van der Waals surface area contributed by atoms with Gasteiger partial charge in [0.2, 0.25) is 0 Å². The smallest absolute Gasteiger partial charge is 0.0950 e. The number of nitrogens with two attached hydrogens (primary N) is 1. The zero-order valence-corrected chi connectivity index (χ0v) is 11.9. The van der Waals surface area contributed by atoms with E-state index in [1.807, 2.05) is 6.33 Å². The molecular weight excluding hydrogens is 224 g/mol. The fraction of sp³-hybridized carbons (Fsp3) is 0.786. The first-order chi connectivity index (χ1) is 8.49. The number of hydrogen-bond acceptors (Lipinski definition) is 3. The van der Waals surface area contributed by atoms with Gasteiger partial charge in [-0.05, 0) is 24.3 Å². The van der Waals surface area contributed by atoms with Crippen LogP contribution >= 0.6 is 0 Å². The lowest BCUT2D eigenvalue weighted by Gasteiger charge is -2.26. The number of imidazole rings is 1. The standard InChI is InChI=1S/C14H26N4/c1-14(2,3)12-4-6-17(8-12)9-13-10-18(7-5-15)11-16-13/h10-12H,4-9,15H2,1-3H3. The molecule has 0 aliphatic carbocycles. The molecule has 0 radical (unpaired) electrons. The predicted molar refractivity (Wildman–Crippen MR) is 74.1 cm³/mol. The normalized spacial score (nSPS) is 21.7. The van der Waals surface area contributed by atoms with Crippen LogP contribution in [0.5, 0.6) is 0 Å². The summed E-state index contributed by atoms with van der Waals surface area (Å²) in [6.07, 6.45) is 5.32.